The lowest BCUT2D eigenvalue weighted by Crippen LogP contribution is -2.28. The van der Waals surface area contributed by atoms with Gasteiger partial charge in [0.25, 0.3) is 0 Å². The minimum atomic E-state index is -0.463. The highest BCUT2D eigenvalue weighted by molar-refractivity contribution is 7.12. The number of hydrogen-bond donors (Lipinski definition) is 1. The van der Waals surface area contributed by atoms with Gasteiger partial charge in [0, 0.05) is 35.7 Å². The van der Waals surface area contributed by atoms with Crippen molar-refractivity contribution in [2.45, 2.75) is 20.3 Å². The van der Waals surface area contributed by atoms with Gasteiger partial charge in [0.2, 0.25) is 16.9 Å². The van der Waals surface area contributed by atoms with Gasteiger partial charge in [-0.3, -0.25) is 9.59 Å². The van der Waals surface area contributed by atoms with Gasteiger partial charge in [0.1, 0.15) is 5.82 Å². The highest BCUT2D eigenvalue weighted by Gasteiger charge is 2.35. The molecule has 0 bridgehead atoms. The van der Waals surface area contributed by atoms with E-state index in [4.69, 9.17) is 14.5 Å². The number of ether oxygens (including phenoxy) is 2. The summed E-state index contributed by atoms with van der Waals surface area (Å²) in [5, 5.41) is 10.0. The van der Waals surface area contributed by atoms with Gasteiger partial charge in [-0.2, -0.15) is 9.78 Å². The van der Waals surface area contributed by atoms with Crippen LogP contribution in [0.3, 0.4) is 0 Å². The van der Waals surface area contributed by atoms with Gasteiger partial charge in [0.15, 0.2) is 11.5 Å². The van der Waals surface area contributed by atoms with Gasteiger partial charge in [0.05, 0.1) is 31.5 Å². The number of rotatable bonds is 7. The molecule has 190 valence electrons. The van der Waals surface area contributed by atoms with Crippen molar-refractivity contribution in [3.8, 4) is 27.9 Å². The Bertz CT molecular complexity index is 1480. The first-order valence-corrected chi connectivity index (χ1v) is 12.7. The molecule has 10 heteroatoms. The van der Waals surface area contributed by atoms with Crippen LogP contribution < -0.4 is 19.7 Å². The van der Waals surface area contributed by atoms with Crippen LogP contribution in [-0.2, 0) is 9.59 Å². The van der Waals surface area contributed by atoms with Crippen molar-refractivity contribution in [3.05, 3.63) is 65.2 Å². The van der Waals surface area contributed by atoms with Crippen molar-refractivity contribution in [1.82, 2.24) is 14.8 Å². The summed E-state index contributed by atoms with van der Waals surface area (Å²) >= 11 is 1.41. The standard InChI is InChI=1S/C27H27N5O4S/c1-16-6-5-7-20(10-16)31-14-19(13-25(31)33)26(34)29-24-11-17(2)30-32(24)27-28-21(15-37-27)18-8-9-22(35-3)23(12-18)36-4/h5-12,15,19H,13-14H2,1-4H3,(H,29,34). The Morgan fingerprint density at radius 1 is 1.08 bits per heavy atom. The van der Waals surface area contributed by atoms with E-state index < -0.39 is 5.92 Å². The molecule has 2 aromatic heterocycles. The summed E-state index contributed by atoms with van der Waals surface area (Å²) in [5.41, 5.74) is 4.24. The average Bonchev–Trinajstić information content (AvgIpc) is 3.62. The van der Waals surface area contributed by atoms with E-state index in [0.29, 0.717) is 29.0 Å². The minimum Gasteiger partial charge on any atom is -0.493 e. The molecule has 0 spiro atoms. The van der Waals surface area contributed by atoms with Gasteiger partial charge in [-0.25, -0.2) is 4.98 Å². The zero-order valence-electron chi connectivity index (χ0n) is 21.0. The maximum Gasteiger partial charge on any atom is 0.230 e. The van der Waals surface area contributed by atoms with E-state index in [9.17, 15) is 9.59 Å². The summed E-state index contributed by atoms with van der Waals surface area (Å²) < 4.78 is 12.4. The minimum absolute atomic E-state index is 0.0603. The van der Waals surface area contributed by atoms with Crippen molar-refractivity contribution in [1.29, 1.82) is 0 Å². The highest BCUT2D eigenvalue weighted by Crippen LogP contribution is 2.34. The van der Waals surface area contributed by atoms with E-state index >= 15 is 0 Å². The van der Waals surface area contributed by atoms with E-state index in [1.54, 1.807) is 29.9 Å². The average molecular weight is 518 g/mol. The molecule has 1 fully saturated rings. The molecular weight excluding hydrogens is 490 g/mol. The predicted molar refractivity (Wildman–Crippen MR) is 143 cm³/mol. The zero-order chi connectivity index (χ0) is 26.1. The van der Waals surface area contributed by atoms with Crippen LogP contribution in [0.5, 0.6) is 11.5 Å². The Morgan fingerprint density at radius 3 is 2.65 bits per heavy atom. The Hall–Kier alpha value is -4.18. The number of aromatic nitrogens is 3. The number of thiazole rings is 1. The zero-order valence-corrected chi connectivity index (χ0v) is 21.8. The molecule has 1 N–H and O–H groups in total. The number of aryl methyl sites for hydroxylation is 2. The molecule has 1 aliphatic heterocycles. The lowest BCUT2D eigenvalue weighted by Gasteiger charge is -2.17. The van der Waals surface area contributed by atoms with Crippen LogP contribution in [0.25, 0.3) is 16.4 Å². The first kappa shape index (κ1) is 24.5. The van der Waals surface area contributed by atoms with Crippen LogP contribution >= 0.6 is 11.3 Å². The molecule has 4 aromatic rings. The quantitative estimate of drug-likeness (QED) is 0.384. The summed E-state index contributed by atoms with van der Waals surface area (Å²) in [6.45, 7) is 4.17. The summed E-state index contributed by atoms with van der Waals surface area (Å²) in [4.78, 5) is 32.3. The number of hydrogen-bond acceptors (Lipinski definition) is 7. The van der Waals surface area contributed by atoms with E-state index in [0.717, 1.165) is 28.2 Å². The molecule has 5 rings (SSSR count). The summed E-state index contributed by atoms with van der Waals surface area (Å²) in [6.07, 6.45) is 0.160. The number of anilines is 2. The molecule has 0 saturated carbocycles. The van der Waals surface area contributed by atoms with Crippen molar-refractivity contribution < 1.29 is 19.1 Å². The van der Waals surface area contributed by atoms with Gasteiger partial charge < -0.3 is 19.7 Å². The molecule has 1 aliphatic rings. The van der Waals surface area contributed by atoms with Crippen LogP contribution in [0.1, 0.15) is 17.7 Å². The van der Waals surface area contributed by atoms with Crippen molar-refractivity contribution in [2.24, 2.45) is 5.92 Å². The first-order chi connectivity index (χ1) is 17.9. The number of methoxy groups -OCH3 is 2. The number of carbonyl (C=O) groups excluding carboxylic acids is 2. The van der Waals surface area contributed by atoms with Crippen molar-refractivity contribution in [3.63, 3.8) is 0 Å². The molecule has 2 amide bonds. The van der Waals surface area contributed by atoms with E-state index in [1.807, 2.05) is 61.7 Å². The van der Waals surface area contributed by atoms with Crippen molar-refractivity contribution in [2.75, 3.05) is 31.0 Å². The van der Waals surface area contributed by atoms with Gasteiger partial charge in [-0.1, -0.05) is 12.1 Å². The number of benzene rings is 2. The van der Waals surface area contributed by atoms with E-state index in [-0.39, 0.29) is 18.2 Å². The molecule has 2 aromatic carbocycles. The predicted octanol–water partition coefficient (Wildman–Crippen LogP) is 4.62. The first-order valence-electron chi connectivity index (χ1n) is 11.8. The van der Waals surface area contributed by atoms with E-state index in [1.165, 1.54) is 11.3 Å². The van der Waals surface area contributed by atoms with Crippen LogP contribution in [0.4, 0.5) is 11.5 Å². The van der Waals surface area contributed by atoms with Gasteiger partial charge in [-0.05, 0) is 49.7 Å². The largest absolute Gasteiger partial charge is 0.493 e. The summed E-state index contributed by atoms with van der Waals surface area (Å²) in [5.74, 6) is 1.02. The smallest absolute Gasteiger partial charge is 0.230 e. The second kappa shape index (κ2) is 10.1. The molecular formula is C27H27N5O4S. The summed E-state index contributed by atoms with van der Waals surface area (Å²) in [7, 11) is 3.18. The Balaban J connectivity index is 1.35. The molecule has 1 atom stereocenters. The lowest BCUT2D eigenvalue weighted by molar-refractivity contribution is -0.122. The molecule has 1 saturated heterocycles. The third-order valence-corrected chi connectivity index (χ3v) is 7.06. The molecule has 9 nitrogen and oxygen atoms in total. The maximum absolute atomic E-state index is 13.2. The van der Waals surface area contributed by atoms with Crippen LogP contribution in [-0.4, -0.2) is 47.3 Å². The SMILES string of the molecule is COc1ccc(-c2csc(-n3nc(C)cc3NC(=O)C3CC(=O)N(c4cccc(C)c4)C3)n2)cc1OC. The number of nitrogens with zero attached hydrogens (tertiary/aromatic N) is 4. The fourth-order valence-electron chi connectivity index (χ4n) is 4.38. The second-order valence-electron chi connectivity index (χ2n) is 8.90. The molecule has 0 radical (unpaired) electrons. The Morgan fingerprint density at radius 2 is 1.89 bits per heavy atom. The summed E-state index contributed by atoms with van der Waals surface area (Å²) in [6, 6.07) is 15.1. The van der Waals surface area contributed by atoms with Crippen LogP contribution in [0.15, 0.2) is 53.9 Å². The third kappa shape index (κ3) is 4.92. The molecule has 3 heterocycles. The monoisotopic (exact) mass is 517 g/mol. The number of carbonyl (C=O) groups is 2. The molecule has 37 heavy (non-hydrogen) atoms. The van der Waals surface area contributed by atoms with E-state index in [2.05, 4.69) is 10.4 Å². The normalized spacial score (nSPS) is 15.2. The Kier molecular flexibility index (Phi) is 6.66. The molecule has 0 aliphatic carbocycles. The van der Waals surface area contributed by atoms with Crippen LogP contribution in [0.2, 0.25) is 0 Å². The fourth-order valence-corrected chi connectivity index (χ4v) is 5.18. The van der Waals surface area contributed by atoms with Crippen LogP contribution in [0, 0.1) is 19.8 Å². The topological polar surface area (TPSA) is 98.6 Å². The highest BCUT2D eigenvalue weighted by atomic mass is 32.1. The number of nitrogens with one attached hydrogen (secondary N) is 1. The van der Waals surface area contributed by atoms with Crippen molar-refractivity contribution >= 4 is 34.7 Å². The van der Waals surface area contributed by atoms with Gasteiger partial charge >= 0.3 is 0 Å². The second-order valence-corrected chi connectivity index (χ2v) is 9.74. The third-order valence-electron chi connectivity index (χ3n) is 6.24. The fraction of sp³-hybridized carbons (Fsp3) is 0.259. The lowest BCUT2D eigenvalue weighted by atomic mass is 10.1. The van der Waals surface area contributed by atoms with Gasteiger partial charge in [-0.15, -0.1) is 11.3 Å². The molecule has 1 unspecified atom stereocenters. The maximum atomic E-state index is 13.2. The number of amides is 2. The Labute approximate surface area is 218 Å².